The third-order valence-corrected chi connectivity index (χ3v) is 6.94. The van der Waals surface area contributed by atoms with Crippen molar-refractivity contribution in [2.45, 2.75) is 12.8 Å². The Balaban J connectivity index is 1.31. The maximum atomic E-state index is 13.5. The summed E-state index contributed by atoms with van der Waals surface area (Å²) < 4.78 is 17.5. The first-order valence-corrected chi connectivity index (χ1v) is 11.8. The highest BCUT2D eigenvalue weighted by Crippen LogP contribution is 2.34. The molecule has 5 rings (SSSR count). The first-order chi connectivity index (χ1) is 16.7. The molecule has 4 heterocycles. The number of fused-ring (bicyclic) bond motifs is 1. The first-order valence-electron chi connectivity index (χ1n) is 11.0. The van der Waals surface area contributed by atoms with Gasteiger partial charge in [0.25, 0.3) is 5.89 Å². The molecule has 1 fully saturated rings. The van der Waals surface area contributed by atoms with Gasteiger partial charge < -0.3 is 18.5 Å². The number of anilines is 2. The molecule has 0 unspecified atom stereocenters. The Labute approximate surface area is 200 Å². The van der Waals surface area contributed by atoms with Crippen LogP contribution in [0.4, 0.5) is 11.0 Å². The van der Waals surface area contributed by atoms with Gasteiger partial charge in [-0.2, -0.15) is 10.2 Å². The van der Waals surface area contributed by atoms with Gasteiger partial charge in [0.1, 0.15) is 6.07 Å². The summed E-state index contributed by atoms with van der Waals surface area (Å²) in [4.78, 5) is 26.2. The summed E-state index contributed by atoms with van der Waals surface area (Å²) >= 11 is 1.51. The Kier molecular flexibility index (Phi) is 6.29. The van der Waals surface area contributed by atoms with Crippen molar-refractivity contribution >= 4 is 38.5 Å². The second-order valence-corrected chi connectivity index (χ2v) is 8.98. The number of rotatable bonds is 7. The Hall–Kier alpha value is -3.68. The summed E-state index contributed by atoms with van der Waals surface area (Å²) in [5.41, 5.74) is 1.10. The largest absolute Gasteiger partial charge is 0.459 e. The number of furan rings is 1. The molecule has 1 aromatic carbocycles. The van der Waals surface area contributed by atoms with Gasteiger partial charge in [0.15, 0.2) is 10.9 Å². The van der Waals surface area contributed by atoms with Crippen LogP contribution < -0.4 is 9.80 Å². The third kappa shape index (κ3) is 4.27. The lowest BCUT2D eigenvalue weighted by Gasteiger charge is -2.33. The van der Waals surface area contributed by atoms with Crippen LogP contribution in [-0.2, 0) is 9.53 Å². The number of benzene rings is 1. The topological polar surface area (TPSA) is 109 Å². The standard InChI is InChI=1S/C24H23N5O4S/c1-31-14-12-29(24-27-17-5-2-3-7-20(17)34-24)22(30)16-8-10-28(11-9-16)23-18(15-25)26-21(33-23)19-6-4-13-32-19/h2-7,13,16H,8-12,14H2,1H3. The normalized spacial score (nSPS) is 14.4. The van der Waals surface area contributed by atoms with Gasteiger partial charge in [0.05, 0.1) is 29.6 Å². The van der Waals surface area contributed by atoms with E-state index in [2.05, 4.69) is 16.0 Å². The number of piperidine rings is 1. The van der Waals surface area contributed by atoms with Crippen LogP contribution >= 0.6 is 11.3 Å². The molecule has 1 saturated heterocycles. The van der Waals surface area contributed by atoms with Gasteiger partial charge in [-0.15, -0.1) is 0 Å². The maximum Gasteiger partial charge on any atom is 0.266 e. The van der Waals surface area contributed by atoms with E-state index in [9.17, 15) is 10.1 Å². The minimum Gasteiger partial charge on any atom is -0.459 e. The molecule has 174 valence electrons. The van der Waals surface area contributed by atoms with E-state index in [1.807, 2.05) is 29.2 Å². The molecular formula is C24H23N5O4S. The Bertz CT molecular complexity index is 1280. The molecule has 3 aromatic heterocycles. The average molecular weight is 478 g/mol. The maximum absolute atomic E-state index is 13.5. The summed E-state index contributed by atoms with van der Waals surface area (Å²) in [6.07, 6.45) is 2.80. The van der Waals surface area contributed by atoms with Crippen LogP contribution in [0.1, 0.15) is 18.5 Å². The molecule has 4 aromatic rings. The molecule has 0 bridgehead atoms. The number of oxazole rings is 1. The van der Waals surface area contributed by atoms with E-state index in [1.165, 1.54) is 17.6 Å². The van der Waals surface area contributed by atoms with Gasteiger partial charge in [-0.25, -0.2) is 4.98 Å². The lowest BCUT2D eigenvalue weighted by molar-refractivity contribution is -0.123. The van der Waals surface area contributed by atoms with E-state index in [4.69, 9.17) is 13.6 Å². The first kappa shape index (κ1) is 22.1. The lowest BCUT2D eigenvalue weighted by atomic mass is 9.95. The fourth-order valence-corrected chi connectivity index (χ4v) is 5.11. The molecule has 10 heteroatoms. The minimum atomic E-state index is -0.155. The van der Waals surface area contributed by atoms with Gasteiger partial charge in [-0.1, -0.05) is 23.5 Å². The van der Waals surface area contributed by atoms with Crippen molar-refractivity contribution in [1.82, 2.24) is 9.97 Å². The molecule has 0 radical (unpaired) electrons. The molecule has 0 spiro atoms. The van der Waals surface area contributed by atoms with E-state index in [0.29, 0.717) is 55.9 Å². The van der Waals surface area contributed by atoms with Crippen LogP contribution in [0.5, 0.6) is 0 Å². The van der Waals surface area contributed by atoms with Crippen molar-refractivity contribution in [3.63, 3.8) is 0 Å². The summed E-state index contributed by atoms with van der Waals surface area (Å²) in [7, 11) is 1.63. The van der Waals surface area contributed by atoms with E-state index in [1.54, 1.807) is 24.1 Å². The quantitative estimate of drug-likeness (QED) is 0.387. The summed E-state index contributed by atoms with van der Waals surface area (Å²) in [6.45, 7) is 2.04. The van der Waals surface area contributed by atoms with Crippen molar-refractivity contribution in [3.8, 4) is 17.7 Å². The van der Waals surface area contributed by atoms with E-state index < -0.39 is 0 Å². The van der Waals surface area contributed by atoms with E-state index >= 15 is 0 Å². The highest BCUT2D eigenvalue weighted by molar-refractivity contribution is 7.22. The number of thiazole rings is 1. The van der Waals surface area contributed by atoms with Gasteiger partial charge in [-0.05, 0) is 37.1 Å². The van der Waals surface area contributed by atoms with Crippen molar-refractivity contribution in [1.29, 1.82) is 5.26 Å². The van der Waals surface area contributed by atoms with Crippen molar-refractivity contribution < 1.29 is 18.4 Å². The van der Waals surface area contributed by atoms with Crippen LogP contribution in [0, 0.1) is 17.2 Å². The van der Waals surface area contributed by atoms with Crippen LogP contribution in [0.3, 0.4) is 0 Å². The molecule has 0 saturated carbocycles. The van der Waals surface area contributed by atoms with Crippen LogP contribution in [0.2, 0.25) is 0 Å². The van der Waals surface area contributed by atoms with Crippen LogP contribution in [-0.4, -0.2) is 49.2 Å². The lowest BCUT2D eigenvalue weighted by Crippen LogP contribution is -2.44. The van der Waals surface area contributed by atoms with Gasteiger partial charge in [0.2, 0.25) is 17.5 Å². The zero-order valence-electron chi connectivity index (χ0n) is 18.6. The number of ether oxygens (including phenoxy) is 1. The number of carbonyl (C=O) groups excluding carboxylic acids is 1. The molecular weight excluding hydrogens is 454 g/mol. The zero-order chi connectivity index (χ0) is 23.5. The highest BCUT2D eigenvalue weighted by atomic mass is 32.1. The fraction of sp³-hybridized carbons (Fsp3) is 0.333. The van der Waals surface area contributed by atoms with Gasteiger partial charge >= 0.3 is 0 Å². The zero-order valence-corrected chi connectivity index (χ0v) is 19.5. The van der Waals surface area contributed by atoms with Crippen molar-refractivity contribution in [2.75, 3.05) is 43.2 Å². The average Bonchev–Trinajstić information content (AvgIpc) is 3.63. The number of carbonyl (C=O) groups is 1. The SMILES string of the molecule is COCCN(C(=O)C1CCN(c2oc(-c3ccco3)nc2C#N)CC1)c1nc2ccccc2s1. The molecule has 0 aliphatic carbocycles. The highest BCUT2D eigenvalue weighted by Gasteiger charge is 2.33. The predicted octanol–water partition coefficient (Wildman–Crippen LogP) is 4.31. The Morgan fingerprint density at radius 1 is 1.26 bits per heavy atom. The van der Waals surface area contributed by atoms with Crippen molar-refractivity contribution in [2.24, 2.45) is 5.92 Å². The van der Waals surface area contributed by atoms with Crippen LogP contribution in [0.25, 0.3) is 21.9 Å². The minimum absolute atomic E-state index is 0.0464. The van der Waals surface area contributed by atoms with Crippen LogP contribution in [0.15, 0.2) is 51.5 Å². The smallest absolute Gasteiger partial charge is 0.266 e. The fourth-order valence-electron chi connectivity index (χ4n) is 4.11. The predicted molar refractivity (Wildman–Crippen MR) is 128 cm³/mol. The second-order valence-electron chi connectivity index (χ2n) is 7.97. The van der Waals surface area contributed by atoms with Crippen molar-refractivity contribution in [3.05, 3.63) is 48.4 Å². The molecule has 1 aliphatic heterocycles. The third-order valence-electron chi connectivity index (χ3n) is 5.88. The second kappa shape index (κ2) is 9.67. The number of aromatic nitrogens is 2. The Morgan fingerprint density at radius 3 is 2.79 bits per heavy atom. The number of hydrogen-bond donors (Lipinski definition) is 0. The number of nitriles is 1. The molecule has 0 N–H and O–H groups in total. The monoisotopic (exact) mass is 477 g/mol. The van der Waals surface area contributed by atoms with E-state index in [0.717, 1.165) is 10.2 Å². The number of para-hydroxylation sites is 1. The number of nitrogens with zero attached hydrogens (tertiary/aromatic N) is 5. The summed E-state index contributed by atoms with van der Waals surface area (Å²) in [5, 5.41) is 10.2. The molecule has 0 atom stereocenters. The Morgan fingerprint density at radius 2 is 2.09 bits per heavy atom. The van der Waals surface area contributed by atoms with E-state index in [-0.39, 0.29) is 23.4 Å². The summed E-state index contributed by atoms with van der Waals surface area (Å²) in [6, 6.07) is 13.4. The summed E-state index contributed by atoms with van der Waals surface area (Å²) in [5.74, 6) is 1.05. The molecule has 1 amide bonds. The molecule has 9 nitrogen and oxygen atoms in total. The molecule has 1 aliphatic rings. The van der Waals surface area contributed by atoms with Gasteiger partial charge in [0, 0.05) is 26.1 Å². The number of amides is 1. The molecule has 34 heavy (non-hydrogen) atoms. The number of methoxy groups -OCH3 is 1. The number of hydrogen-bond acceptors (Lipinski definition) is 9. The van der Waals surface area contributed by atoms with Gasteiger partial charge in [-0.3, -0.25) is 9.69 Å².